The van der Waals surface area contributed by atoms with E-state index in [1.54, 1.807) is 25.1 Å². The van der Waals surface area contributed by atoms with Crippen LogP contribution in [0.1, 0.15) is 26.4 Å². The number of benzene rings is 2. The predicted octanol–water partition coefficient (Wildman–Crippen LogP) is 5.58. The zero-order chi connectivity index (χ0) is 19.7. The van der Waals surface area contributed by atoms with E-state index in [9.17, 15) is 9.59 Å². The van der Waals surface area contributed by atoms with Crippen LogP contribution in [0.15, 0.2) is 64.1 Å². The van der Waals surface area contributed by atoms with E-state index in [0.29, 0.717) is 22.6 Å². The van der Waals surface area contributed by atoms with Gasteiger partial charge in [0.25, 0.3) is 0 Å². The molecule has 0 amide bonds. The first-order chi connectivity index (χ1) is 13.5. The van der Waals surface area contributed by atoms with Gasteiger partial charge < -0.3 is 9.47 Å². The second-order valence-corrected chi connectivity index (χ2v) is 8.14. The molecule has 4 rings (SSSR count). The van der Waals surface area contributed by atoms with Crippen molar-refractivity contribution in [3.8, 4) is 11.5 Å². The fraction of sp³-hybridized carbons (Fsp3) is 0.0909. The van der Waals surface area contributed by atoms with E-state index in [4.69, 9.17) is 9.47 Å². The van der Waals surface area contributed by atoms with Crippen LogP contribution in [0.3, 0.4) is 0 Å². The van der Waals surface area contributed by atoms with Gasteiger partial charge in [0, 0.05) is 14.9 Å². The summed E-state index contributed by atoms with van der Waals surface area (Å²) in [5.74, 6) is 0.538. The molecular formula is C22H15BrO4S. The van der Waals surface area contributed by atoms with Crippen molar-refractivity contribution in [2.75, 3.05) is 0 Å². The highest BCUT2D eigenvalue weighted by atomic mass is 79.9. The van der Waals surface area contributed by atoms with E-state index < -0.39 is 0 Å². The third-order valence-corrected chi connectivity index (χ3v) is 5.95. The minimum absolute atomic E-state index is 0.190. The molecule has 0 unspecified atom stereocenters. The molecule has 2 heterocycles. The van der Waals surface area contributed by atoms with Gasteiger partial charge in [-0.1, -0.05) is 40.2 Å². The molecule has 0 aliphatic carbocycles. The Labute approximate surface area is 174 Å². The number of ether oxygens (including phenoxy) is 2. The van der Waals surface area contributed by atoms with Crippen molar-refractivity contribution >= 4 is 45.1 Å². The summed E-state index contributed by atoms with van der Waals surface area (Å²) in [4.78, 5) is 25.8. The molecule has 0 saturated heterocycles. The van der Waals surface area contributed by atoms with Gasteiger partial charge >= 0.3 is 5.97 Å². The molecule has 28 heavy (non-hydrogen) atoms. The van der Waals surface area contributed by atoms with Gasteiger partial charge in [-0.25, -0.2) is 0 Å². The lowest BCUT2D eigenvalue weighted by molar-refractivity contribution is -0.133. The standard InChI is InChI=1S/C22H15BrO4S/c1-13-18(26-20(24)12-15-6-4-10-28-15)9-8-16-21(25)19(27-22(13)16)11-14-5-2-3-7-17(14)23/h2-11H,12H2,1H3/b19-11-. The molecule has 0 fully saturated rings. The molecule has 4 nitrogen and oxygen atoms in total. The third kappa shape index (κ3) is 3.66. The Morgan fingerprint density at radius 3 is 2.75 bits per heavy atom. The molecule has 1 aliphatic heterocycles. The van der Waals surface area contributed by atoms with E-state index in [2.05, 4.69) is 15.9 Å². The van der Waals surface area contributed by atoms with E-state index >= 15 is 0 Å². The van der Waals surface area contributed by atoms with Crippen LogP contribution in [0.5, 0.6) is 11.5 Å². The number of fused-ring (bicyclic) bond motifs is 1. The van der Waals surface area contributed by atoms with Gasteiger partial charge in [0.05, 0.1) is 12.0 Å². The average molecular weight is 455 g/mol. The molecule has 1 aromatic heterocycles. The second kappa shape index (κ2) is 7.73. The first-order valence-corrected chi connectivity index (χ1v) is 10.3. The Kier molecular flexibility index (Phi) is 5.15. The maximum absolute atomic E-state index is 12.7. The van der Waals surface area contributed by atoms with Crippen LogP contribution < -0.4 is 9.47 Å². The third-order valence-electron chi connectivity index (χ3n) is 4.35. The topological polar surface area (TPSA) is 52.6 Å². The smallest absolute Gasteiger partial charge is 0.316 e. The Hall–Kier alpha value is -2.70. The monoisotopic (exact) mass is 454 g/mol. The lowest BCUT2D eigenvalue weighted by atomic mass is 10.1. The molecule has 0 radical (unpaired) electrons. The lowest BCUT2D eigenvalue weighted by Crippen LogP contribution is -2.11. The normalized spacial score (nSPS) is 14.1. The number of allylic oxidation sites excluding steroid dienone is 1. The quantitative estimate of drug-likeness (QED) is 0.293. The highest BCUT2D eigenvalue weighted by molar-refractivity contribution is 9.10. The van der Waals surface area contributed by atoms with Crippen molar-refractivity contribution in [3.05, 3.63) is 85.7 Å². The minimum atomic E-state index is -0.348. The number of esters is 1. The van der Waals surface area contributed by atoms with Gasteiger partial charge in [-0.15, -0.1) is 11.3 Å². The van der Waals surface area contributed by atoms with Crippen LogP contribution in [0.4, 0.5) is 0 Å². The summed E-state index contributed by atoms with van der Waals surface area (Å²) < 4.78 is 12.2. The van der Waals surface area contributed by atoms with E-state index in [0.717, 1.165) is 14.9 Å². The fourth-order valence-electron chi connectivity index (χ4n) is 2.93. The number of thiophene rings is 1. The number of ketones is 1. The summed E-state index contributed by atoms with van der Waals surface area (Å²) in [6.45, 7) is 1.78. The molecule has 3 aromatic rings. The number of carbonyl (C=O) groups excluding carboxylic acids is 2. The van der Waals surface area contributed by atoms with Crippen molar-refractivity contribution in [2.45, 2.75) is 13.3 Å². The SMILES string of the molecule is Cc1c(OC(=O)Cc2cccs2)ccc2c1O/C(=C\c1ccccc1Br)C2=O. The summed E-state index contributed by atoms with van der Waals surface area (Å²) in [5.41, 5.74) is 1.94. The molecule has 2 aromatic carbocycles. The number of Topliss-reactive ketones (excluding diaryl/α,β-unsaturated/α-hetero) is 1. The fourth-order valence-corrected chi connectivity index (χ4v) is 4.02. The molecule has 0 spiro atoms. The van der Waals surface area contributed by atoms with E-state index in [-0.39, 0.29) is 23.9 Å². The Balaban J connectivity index is 1.58. The molecule has 6 heteroatoms. The van der Waals surface area contributed by atoms with Gasteiger partial charge in [0.1, 0.15) is 11.5 Å². The van der Waals surface area contributed by atoms with Crippen molar-refractivity contribution in [1.82, 2.24) is 0 Å². The largest absolute Gasteiger partial charge is 0.452 e. The van der Waals surface area contributed by atoms with Crippen LogP contribution in [0.25, 0.3) is 6.08 Å². The van der Waals surface area contributed by atoms with Gasteiger partial charge in [0.2, 0.25) is 5.78 Å². The summed E-state index contributed by atoms with van der Waals surface area (Å²) in [6.07, 6.45) is 1.91. The van der Waals surface area contributed by atoms with Gasteiger partial charge in [-0.3, -0.25) is 9.59 Å². The molecular weight excluding hydrogens is 440 g/mol. The van der Waals surface area contributed by atoms with E-state index in [1.165, 1.54) is 11.3 Å². The highest BCUT2D eigenvalue weighted by Crippen LogP contribution is 2.39. The first kappa shape index (κ1) is 18.7. The molecule has 0 saturated carbocycles. The maximum Gasteiger partial charge on any atom is 0.316 e. The Morgan fingerprint density at radius 2 is 2.00 bits per heavy atom. The summed E-state index contributed by atoms with van der Waals surface area (Å²) in [7, 11) is 0. The van der Waals surface area contributed by atoms with Crippen LogP contribution in [-0.4, -0.2) is 11.8 Å². The Bertz CT molecular complexity index is 1100. The zero-order valence-electron chi connectivity index (χ0n) is 14.9. The lowest BCUT2D eigenvalue weighted by Gasteiger charge is -2.09. The highest BCUT2D eigenvalue weighted by Gasteiger charge is 2.30. The average Bonchev–Trinajstić information content (AvgIpc) is 3.28. The number of rotatable bonds is 4. The summed E-state index contributed by atoms with van der Waals surface area (Å²) in [5, 5.41) is 1.92. The summed E-state index contributed by atoms with van der Waals surface area (Å²) >= 11 is 4.98. The summed E-state index contributed by atoms with van der Waals surface area (Å²) in [6, 6.07) is 14.6. The first-order valence-electron chi connectivity index (χ1n) is 8.58. The molecule has 0 atom stereocenters. The Morgan fingerprint density at radius 1 is 1.18 bits per heavy atom. The number of hydrogen-bond donors (Lipinski definition) is 0. The van der Waals surface area contributed by atoms with Crippen LogP contribution in [0, 0.1) is 6.92 Å². The maximum atomic E-state index is 12.7. The molecule has 0 bridgehead atoms. The van der Waals surface area contributed by atoms with Crippen LogP contribution >= 0.6 is 27.3 Å². The van der Waals surface area contributed by atoms with Gasteiger partial charge in [-0.2, -0.15) is 0 Å². The molecule has 1 aliphatic rings. The van der Waals surface area contributed by atoms with Crippen LogP contribution in [-0.2, 0) is 11.2 Å². The van der Waals surface area contributed by atoms with Crippen LogP contribution in [0.2, 0.25) is 0 Å². The number of halogens is 1. The molecule has 140 valence electrons. The zero-order valence-corrected chi connectivity index (χ0v) is 17.3. The van der Waals surface area contributed by atoms with Crippen molar-refractivity contribution in [2.24, 2.45) is 0 Å². The van der Waals surface area contributed by atoms with E-state index in [1.807, 2.05) is 41.8 Å². The predicted molar refractivity (Wildman–Crippen MR) is 112 cm³/mol. The second-order valence-electron chi connectivity index (χ2n) is 6.26. The minimum Gasteiger partial charge on any atom is -0.452 e. The molecule has 0 N–H and O–H groups in total. The number of hydrogen-bond acceptors (Lipinski definition) is 5. The van der Waals surface area contributed by atoms with Crippen molar-refractivity contribution in [1.29, 1.82) is 0 Å². The van der Waals surface area contributed by atoms with Gasteiger partial charge in [0.15, 0.2) is 5.76 Å². The van der Waals surface area contributed by atoms with Crippen molar-refractivity contribution < 1.29 is 19.1 Å². The van der Waals surface area contributed by atoms with Gasteiger partial charge in [-0.05, 0) is 48.2 Å². The van der Waals surface area contributed by atoms with Crippen molar-refractivity contribution in [3.63, 3.8) is 0 Å². The number of carbonyl (C=O) groups is 2.